The number of carbonyl (C=O) groups is 1. The molecular weight excluding hydrogens is 376 g/mol. The van der Waals surface area contributed by atoms with Crippen LogP contribution in [0.25, 0.3) is 22.3 Å². The van der Waals surface area contributed by atoms with Crippen LogP contribution in [-0.4, -0.2) is 30.5 Å². The summed E-state index contributed by atoms with van der Waals surface area (Å²) in [5, 5.41) is 11.8. The molecule has 0 saturated heterocycles. The lowest BCUT2D eigenvalue weighted by atomic mass is 10.1. The Morgan fingerprint density at radius 2 is 1.93 bits per heavy atom. The molecule has 0 aliphatic rings. The molecule has 1 N–H and O–H groups in total. The first-order valence-electron chi connectivity index (χ1n) is 8.89. The Morgan fingerprint density at radius 1 is 1.18 bits per heavy atom. The fourth-order valence-electron chi connectivity index (χ4n) is 3.04. The summed E-state index contributed by atoms with van der Waals surface area (Å²) in [7, 11) is 1.86. The molecular formula is C20H19ClN6O. The Morgan fingerprint density at radius 3 is 2.71 bits per heavy atom. The SMILES string of the molecule is CC(Cn1nnc2ccccc21)C(=O)Nc1ncc(-c2ccc(Cl)cc2)n1C. The van der Waals surface area contributed by atoms with Gasteiger partial charge in [-0.1, -0.05) is 48.0 Å². The number of amides is 1. The maximum Gasteiger partial charge on any atom is 0.231 e. The summed E-state index contributed by atoms with van der Waals surface area (Å²) >= 11 is 5.95. The predicted octanol–water partition coefficient (Wildman–Crippen LogP) is 3.76. The van der Waals surface area contributed by atoms with Crippen molar-refractivity contribution in [2.24, 2.45) is 13.0 Å². The van der Waals surface area contributed by atoms with Crippen molar-refractivity contribution < 1.29 is 4.79 Å². The van der Waals surface area contributed by atoms with Crippen LogP contribution in [0.1, 0.15) is 6.92 Å². The van der Waals surface area contributed by atoms with E-state index in [0.717, 1.165) is 22.3 Å². The Hall–Kier alpha value is -3.19. The number of nitrogens with zero attached hydrogens (tertiary/aromatic N) is 5. The quantitative estimate of drug-likeness (QED) is 0.559. The van der Waals surface area contributed by atoms with Crippen molar-refractivity contribution in [3.05, 3.63) is 59.8 Å². The van der Waals surface area contributed by atoms with Crippen molar-refractivity contribution in [3.63, 3.8) is 0 Å². The molecule has 0 aliphatic heterocycles. The van der Waals surface area contributed by atoms with Gasteiger partial charge in [0.05, 0.1) is 29.9 Å². The highest BCUT2D eigenvalue weighted by atomic mass is 35.5. The predicted molar refractivity (Wildman–Crippen MR) is 109 cm³/mol. The smallest absolute Gasteiger partial charge is 0.231 e. The number of benzene rings is 2. The molecule has 2 aromatic heterocycles. The number of hydrogen-bond acceptors (Lipinski definition) is 4. The van der Waals surface area contributed by atoms with Crippen LogP contribution in [0, 0.1) is 5.92 Å². The highest BCUT2D eigenvalue weighted by molar-refractivity contribution is 6.30. The average Bonchev–Trinajstić information content (AvgIpc) is 3.27. The topological polar surface area (TPSA) is 77.6 Å². The van der Waals surface area contributed by atoms with Crippen molar-refractivity contribution in [2.45, 2.75) is 13.5 Å². The molecule has 1 amide bonds. The van der Waals surface area contributed by atoms with Crippen LogP contribution in [0.5, 0.6) is 0 Å². The maximum absolute atomic E-state index is 12.7. The van der Waals surface area contributed by atoms with Gasteiger partial charge in [-0.05, 0) is 29.8 Å². The van der Waals surface area contributed by atoms with Gasteiger partial charge in [0.1, 0.15) is 5.52 Å². The number of nitrogens with one attached hydrogen (secondary N) is 1. The van der Waals surface area contributed by atoms with Crippen LogP contribution in [-0.2, 0) is 18.4 Å². The Bertz CT molecular complexity index is 1130. The first-order chi connectivity index (χ1) is 13.5. The second kappa shape index (κ2) is 7.44. The number of halogens is 1. The summed E-state index contributed by atoms with van der Waals surface area (Å²) in [4.78, 5) is 17.0. The fraction of sp³-hybridized carbons (Fsp3) is 0.200. The summed E-state index contributed by atoms with van der Waals surface area (Å²) in [5.74, 6) is 0.0574. The molecule has 4 rings (SSSR count). The highest BCUT2D eigenvalue weighted by Gasteiger charge is 2.18. The van der Waals surface area contributed by atoms with Gasteiger partial charge >= 0.3 is 0 Å². The molecule has 142 valence electrons. The molecule has 28 heavy (non-hydrogen) atoms. The Labute approximate surface area is 167 Å². The summed E-state index contributed by atoms with van der Waals surface area (Å²) in [5.41, 5.74) is 3.58. The second-order valence-corrected chi connectivity index (χ2v) is 7.12. The average molecular weight is 395 g/mol. The van der Waals surface area contributed by atoms with Crippen molar-refractivity contribution >= 4 is 34.5 Å². The van der Waals surface area contributed by atoms with Crippen molar-refractivity contribution in [3.8, 4) is 11.3 Å². The van der Waals surface area contributed by atoms with Crippen LogP contribution in [0.2, 0.25) is 5.02 Å². The van der Waals surface area contributed by atoms with Gasteiger partial charge in [-0.25, -0.2) is 9.67 Å². The number of rotatable bonds is 5. The second-order valence-electron chi connectivity index (χ2n) is 6.68. The molecule has 8 heteroatoms. The van der Waals surface area contributed by atoms with E-state index < -0.39 is 0 Å². The first-order valence-corrected chi connectivity index (χ1v) is 9.27. The van der Waals surface area contributed by atoms with E-state index in [0.29, 0.717) is 17.5 Å². The zero-order chi connectivity index (χ0) is 19.7. The zero-order valence-electron chi connectivity index (χ0n) is 15.5. The van der Waals surface area contributed by atoms with Crippen molar-refractivity contribution in [1.82, 2.24) is 24.5 Å². The zero-order valence-corrected chi connectivity index (χ0v) is 16.3. The lowest BCUT2D eigenvalue weighted by Crippen LogP contribution is -2.26. The van der Waals surface area contributed by atoms with E-state index in [4.69, 9.17) is 11.6 Å². The number of carbonyl (C=O) groups excluding carboxylic acids is 1. The van der Waals surface area contributed by atoms with E-state index >= 15 is 0 Å². The van der Waals surface area contributed by atoms with Gasteiger partial charge < -0.3 is 4.57 Å². The molecule has 0 bridgehead atoms. The molecule has 7 nitrogen and oxygen atoms in total. The molecule has 2 heterocycles. The highest BCUT2D eigenvalue weighted by Crippen LogP contribution is 2.24. The van der Waals surface area contributed by atoms with Crippen molar-refractivity contribution in [2.75, 3.05) is 5.32 Å². The first kappa shape index (κ1) is 18.2. The van der Waals surface area contributed by atoms with E-state index in [1.165, 1.54) is 0 Å². The number of para-hydroxylation sites is 1. The summed E-state index contributed by atoms with van der Waals surface area (Å²) in [6.07, 6.45) is 1.73. The van der Waals surface area contributed by atoms with E-state index in [1.54, 1.807) is 10.9 Å². The molecule has 0 fully saturated rings. The van der Waals surface area contributed by atoms with Gasteiger partial charge in [0.25, 0.3) is 0 Å². The minimum absolute atomic E-state index is 0.129. The van der Waals surface area contributed by atoms with Gasteiger partial charge in [-0.3, -0.25) is 10.1 Å². The van der Waals surface area contributed by atoms with Crippen LogP contribution in [0.4, 0.5) is 5.95 Å². The van der Waals surface area contributed by atoms with Gasteiger partial charge in [-0.15, -0.1) is 5.10 Å². The normalized spacial score (nSPS) is 12.2. The van der Waals surface area contributed by atoms with E-state index in [9.17, 15) is 4.79 Å². The lowest BCUT2D eigenvalue weighted by Gasteiger charge is -2.13. The molecule has 0 aliphatic carbocycles. The third-order valence-electron chi connectivity index (χ3n) is 4.68. The number of hydrogen-bond donors (Lipinski definition) is 1. The number of anilines is 1. The van der Waals surface area contributed by atoms with E-state index in [1.807, 2.05) is 67.1 Å². The van der Waals surface area contributed by atoms with Gasteiger partial charge in [0.2, 0.25) is 11.9 Å². The molecule has 1 atom stereocenters. The Balaban J connectivity index is 1.48. The van der Waals surface area contributed by atoms with Crippen LogP contribution in [0.15, 0.2) is 54.7 Å². The van der Waals surface area contributed by atoms with Crippen LogP contribution < -0.4 is 5.32 Å². The standard InChI is InChI=1S/C20H19ClN6O/c1-13(12-27-17-6-4-3-5-16(17)24-25-27)19(28)23-20-22-11-18(26(20)2)14-7-9-15(21)10-8-14/h3-11,13H,12H2,1-2H3,(H,22,23,28). The third kappa shape index (κ3) is 3.48. The molecule has 1 unspecified atom stereocenters. The molecule has 2 aromatic carbocycles. The Kier molecular flexibility index (Phi) is 4.83. The lowest BCUT2D eigenvalue weighted by molar-refractivity contribution is -0.119. The van der Waals surface area contributed by atoms with Crippen LogP contribution in [0.3, 0.4) is 0 Å². The summed E-state index contributed by atoms with van der Waals surface area (Å²) in [6, 6.07) is 15.2. The van der Waals surface area contributed by atoms with Gasteiger partial charge in [0, 0.05) is 12.1 Å². The number of fused-ring (bicyclic) bond motifs is 1. The summed E-state index contributed by atoms with van der Waals surface area (Å²) in [6.45, 7) is 2.29. The minimum Gasteiger partial charge on any atom is -0.313 e. The van der Waals surface area contributed by atoms with E-state index in [2.05, 4.69) is 20.6 Å². The van der Waals surface area contributed by atoms with Gasteiger partial charge in [-0.2, -0.15) is 0 Å². The minimum atomic E-state index is -0.305. The van der Waals surface area contributed by atoms with Crippen molar-refractivity contribution in [1.29, 1.82) is 0 Å². The fourth-order valence-corrected chi connectivity index (χ4v) is 3.17. The maximum atomic E-state index is 12.7. The summed E-state index contributed by atoms with van der Waals surface area (Å²) < 4.78 is 3.59. The number of aromatic nitrogens is 5. The molecule has 0 saturated carbocycles. The van der Waals surface area contributed by atoms with Gasteiger partial charge in [0.15, 0.2) is 0 Å². The van der Waals surface area contributed by atoms with E-state index in [-0.39, 0.29) is 11.8 Å². The molecule has 0 spiro atoms. The molecule has 0 radical (unpaired) electrons. The molecule has 4 aromatic rings. The van der Waals surface area contributed by atoms with Crippen LogP contribution >= 0.6 is 11.6 Å². The third-order valence-corrected chi connectivity index (χ3v) is 4.93. The largest absolute Gasteiger partial charge is 0.313 e. The monoisotopic (exact) mass is 394 g/mol. The number of imidazole rings is 1.